The number of rotatable bonds is 3. The number of fused-ring (bicyclic) bond motifs is 5. The second kappa shape index (κ2) is 10.9. The first kappa shape index (κ1) is 24.8. The van der Waals surface area contributed by atoms with Crippen LogP contribution in [0.15, 0.2) is 84.7 Å². The van der Waals surface area contributed by atoms with Gasteiger partial charge in [0, 0.05) is 17.9 Å². The van der Waals surface area contributed by atoms with E-state index in [1.54, 1.807) is 17.8 Å². The van der Waals surface area contributed by atoms with E-state index in [-0.39, 0.29) is 18.4 Å². The molecule has 0 bridgehead atoms. The number of methoxy groups -OCH3 is 1. The van der Waals surface area contributed by atoms with Crippen molar-refractivity contribution < 1.29 is 9.53 Å². The summed E-state index contributed by atoms with van der Waals surface area (Å²) >= 11 is 0. The molecule has 0 radical (unpaired) electrons. The fourth-order valence-corrected chi connectivity index (χ4v) is 5.08. The highest BCUT2D eigenvalue weighted by atomic mass is 35.5. The van der Waals surface area contributed by atoms with Crippen LogP contribution in [-0.2, 0) is 17.6 Å². The van der Waals surface area contributed by atoms with E-state index in [9.17, 15) is 4.79 Å². The van der Waals surface area contributed by atoms with Crippen LogP contribution in [0.25, 0.3) is 21.9 Å². The van der Waals surface area contributed by atoms with Crippen molar-refractivity contribution in [2.45, 2.75) is 32.1 Å². The van der Waals surface area contributed by atoms with Gasteiger partial charge in [0.1, 0.15) is 0 Å². The van der Waals surface area contributed by atoms with Gasteiger partial charge in [0.25, 0.3) is 0 Å². The summed E-state index contributed by atoms with van der Waals surface area (Å²) in [5, 5.41) is 2.79. The second-order valence-electron chi connectivity index (χ2n) is 8.90. The molecule has 2 aliphatic rings. The summed E-state index contributed by atoms with van der Waals surface area (Å²) < 4.78 is 6.49. The van der Waals surface area contributed by atoms with Crippen molar-refractivity contribution in [3.05, 3.63) is 107 Å². The zero-order valence-corrected chi connectivity index (χ0v) is 20.8. The van der Waals surface area contributed by atoms with E-state index in [0.717, 1.165) is 18.5 Å². The molecule has 0 aliphatic heterocycles. The highest BCUT2D eigenvalue weighted by molar-refractivity contribution is 5.94. The van der Waals surface area contributed by atoms with E-state index in [4.69, 9.17) is 5.73 Å². The van der Waals surface area contributed by atoms with Gasteiger partial charge in [0.2, 0.25) is 0 Å². The summed E-state index contributed by atoms with van der Waals surface area (Å²) in [6.07, 6.45) is 14.1. The molecule has 2 N–H and O–H groups in total. The van der Waals surface area contributed by atoms with Gasteiger partial charge in [0.15, 0.2) is 0 Å². The summed E-state index contributed by atoms with van der Waals surface area (Å²) in [7, 11) is 1.38. The van der Waals surface area contributed by atoms with Gasteiger partial charge in [-0.2, -0.15) is 0 Å². The highest BCUT2D eigenvalue weighted by Crippen LogP contribution is 2.40. The Hall–Kier alpha value is -3.34. The van der Waals surface area contributed by atoms with Crippen molar-refractivity contribution >= 4 is 40.2 Å². The van der Waals surface area contributed by atoms with Gasteiger partial charge in [-0.25, -0.2) is 4.79 Å². The lowest BCUT2D eigenvalue weighted by atomic mass is 9.79. The van der Waals surface area contributed by atoms with E-state index in [2.05, 4.69) is 47.2 Å². The van der Waals surface area contributed by atoms with Crippen molar-refractivity contribution in [1.29, 1.82) is 0 Å². The Morgan fingerprint density at radius 3 is 2.71 bits per heavy atom. The zero-order chi connectivity index (χ0) is 23.5. The molecule has 4 aromatic rings. The number of esters is 1. The van der Waals surface area contributed by atoms with Crippen LogP contribution in [0.3, 0.4) is 0 Å². The second-order valence-corrected chi connectivity index (χ2v) is 8.90. The van der Waals surface area contributed by atoms with Gasteiger partial charge in [-0.3, -0.25) is 0 Å². The van der Waals surface area contributed by atoms with Crippen LogP contribution in [0.2, 0.25) is 0 Å². The van der Waals surface area contributed by atoms with Crippen LogP contribution in [-0.4, -0.2) is 24.0 Å². The number of benzene rings is 2. The van der Waals surface area contributed by atoms with Crippen LogP contribution in [0, 0.1) is 0 Å². The number of aromatic nitrogens is 1. The van der Waals surface area contributed by atoms with Crippen molar-refractivity contribution in [2.24, 2.45) is 5.73 Å². The molecule has 0 atom stereocenters. The molecule has 0 saturated heterocycles. The highest BCUT2D eigenvalue weighted by Gasteiger charge is 2.20. The molecular formula is C30H31ClN2O2. The smallest absolute Gasteiger partial charge is 0.339 e. The van der Waals surface area contributed by atoms with Crippen LogP contribution in [0.1, 0.15) is 46.3 Å². The third-order valence-electron chi connectivity index (χ3n) is 6.80. The minimum atomic E-state index is -0.302. The number of carbonyl (C=O) groups is 1. The molecule has 0 spiro atoms. The molecule has 0 unspecified atom stereocenters. The maximum atomic E-state index is 11.1. The molecule has 0 amide bonds. The van der Waals surface area contributed by atoms with Crippen LogP contribution in [0.4, 0.5) is 0 Å². The van der Waals surface area contributed by atoms with Crippen molar-refractivity contribution in [3.8, 4) is 0 Å². The third-order valence-corrected chi connectivity index (χ3v) is 6.80. The lowest BCUT2D eigenvalue weighted by Gasteiger charge is -2.25. The van der Waals surface area contributed by atoms with E-state index in [0.29, 0.717) is 5.56 Å². The molecule has 2 aromatic carbocycles. The number of hydrogen-bond acceptors (Lipinski definition) is 3. The molecule has 180 valence electrons. The lowest BCUT2D eigenvalue weighted by molar-refractivity contribution is 0.0601. The number of ether oxygens (including phenoxy) is 1. The number of halogens is 1. The first-order valence-electron chi connectivity index (χ1n) is 12.0. The largest absolute Gasteiger partial charge is 0.465 e. The molecule has 2 aromatic heterocycles. The number of hydrogen-bond donors (Lipinski definition) is 1. The Morgan fingerprint density at radius 2 is 1.91 bits per heavy atom. The fraction of sp³-hybridized carbons (Fsp3) is 0.233. The molecule has 5 heteroatoms. The maximum absolute atomic E-state index is 11.1. The van der Waals surface area contributed by atoms with Crippen molar-refractivity contribution in [2.75, 3.05) is 13.7 Å². The maximum Gasteiger partial charge on any atom is 0.339 e. The minimum Gasteiger partial charge on any atom is -0.465 e. The third kappa shape index (κ3) is 5.04. The van der Waals surface area contributed by atoms with E-state index in [1.165, 1.54) is 65.8 Å². The van der Waals surface area contributed by atoms with Crippen molar-refractivity contribution in [1.82, 2.24) is 4.40 Å². The summed E-state index contributed by atoms with van der Waals surface area (Å²) in [4.78, 5) is 11.1. The van der Waals surface area contributed by atoms with E-state index in [1.807, 2.05) is 28.8 Å². The molecule has 2 aliphatic carbocycles. The number of nitrogens with zero attached hydrogens (tertiary/aromatic N) is 1. The average Bonchev–Trinajstić information content (AvgIpc) is 3.33. The van der Waals surface area contributed by atoms with Crippen LogP contribution in [0.5, 0.6) is 0 Å². The normalized spacial score (nSPS) is 14.0. The average molecular weight is 487 g/mol. The van der Waals surface area contributed by atoms with Gasteiger partial charge in [0.05, 0.1) is 12.7 Å². The summed E-state index contributed by atoms with van der Waals surface area (Å²) in [6, 6.07) is 19.0. The number of nitrogens with two attached hydrogens (primary N) is 1. The SMILES string of the molecule is COC(=O)c1cc2ccccn2c1.Cl.NCCc1ccc2ccc3c(c2c1)CCC1=C3C=CCC1. The zero-order valence-electron chi connectivity index (χ0n) is 20.0. The summed E-state index contributed by atoms with van der Waals surface area (Å²) in [6.45, 7) is 0.721. The number of allylic oxidation sites excluding steroid dienone is 4. The molecule has 0 saturated carbocycles. The molecule has 35 heavy (non-hydrogen) atoms. The Morgan fingerprint density at radius 1 is 1.06 bits per heavy atom. The quantitative estimate of drug-likeness (QED) is 0.334. The predicted molar refractivity (Wildman–Crippen MR) is 146 cm³/mol. The molecule has 0 fully saturated rings. The first-order valence-corrected chi connectivity index (χ1v) is 12.0. The van der Waals surface area contributed by atoms with Gasteiger partial charge >= 0.3 is 5.97 Å². The standard InChI is InChI=1S/C20H21N.C10H9NO2.ClH/c21-12-11-14-5-6-16-8-9-18-17-4-2-1-3-15(17)7-10-19(18)20(16)13-14;1-13-10(12)8-6-9-4-2-3-5-11(9)7-8;/h2,4-6,8-9,13H,1,3,7,10-12,21H2;2-7H,1H3;1H. The molecule has 2 heterocycles. The predicted octanol–water partition coefficient (Wildman–Crippen LogP) is 6.54. The van der Waals surface area contributed by atoms with E-state index < -0.39 is 0 Å². The number of carbonyl (C=O) groups excluding carboxylic acids is 1. The first-order chi connectivity index (χ1) is 16.7. The Bertz CT molecular complexity index is 1400. The monoisotopic (exact) mass is 486 g/mol. The summed E-state index contributed by atoms with van der Waals surface area (Å²) in [5.41, 5.74) is 14.8. The molecule has 4 nitrogen and oxygen atoms in total. The van der Waals surface area contributed by atoms with Crippen LogP contribution >= 0.6 is 12.4 Å². The van der Waals surface area contributed by atoms with Crippen molar-refractivity contribution in [3.63, 3.8) is 0 Å². The topological polar surface area (TPSA) is 56.7 Å². The van der Waals surface area contributed by atoms with Crippen LogP contribution < -0.4 is 5.73 Å². The lowest BCUT2D eigenvalue weighted by Crippen LogP contribution is -2.07. The van der Waals surface area contributed by atoms with E-state index >= 15 is 0 Å². The number of pyridine rings is 1. The summed E-state index contributed by atoms with van der Waals surface area (Å²) in [5.74, 6) is -0.302. The number of aryl methyl sites for hydroxylation is 1. The fourth-order valence-electron chi connectivity index (χ4n) is 5.08. The Kier molecular flexibility index (Phi) is 7.74. The van der Waals surface area contributed by atoms with Gasteiger partial charge < -0.3 is 14.9 Å². The minimum absolute atomic E-state index is 0. The van der Waals surface area contributed by atoms with Gasteiger partial charge in [-0.1, -0.05) is 54.1 Å². The Labute approximate surface area is 212 Å². The van der Waals surface area contributed by atoms with Gasteiger partial charge in [-0.05, 0) is 89.9 Å². The molecule has 6 rings (SSSR count). The molecular weight excluding hydrogens is 456 g/mol. The Balaban J connectivity index is 0.000000179. The van der Waals surface area contributed by atoms with Gasteiger partial charge in [-0.15, -0.1) is 12.4 Å².